The summed E-state index contributed by atoms with van der Waals surface area (Å²) in [4.78, 5) is 23.6. The summed E-state index contributed by atoms with van der Waals surface area (Å²) < 4.78 is 5.43. The summed E-state index contributed by atoms with van der Waals surface area (Å²) in [5.41, 5.74) is 2.34. The number of aromatic carboxylic acids is 1. The Bertz CT molecular complexity index is 1100. The van der Waals surface area contributed by atoms with Gasteiger partial charge in [-0.2, -0.15) is 4.98 Å². The Morgan fingerprint density at radius 1 is 1.31 bits per heavy atom. The number of aromatic nitrogens is 2. The van der Waals surface area contributed by atoms with E-state index in [1.54, 1.807) is 31.5 Å². The molecule has 0 bridgehead atoms. The van der Waals surface area contributed by atoms with E-state index in [4.69, 9.17) is 16.3 Å². The molecule has 3 rings (SSSR count). The van der Waals surface area contributed by atoms with Gasteiger partial charge < -0.3 is 25.4 Å². The Kier molecular flexibility index (Phi) is 7.89. The Balaban J connectivity index is 1.92. The van der Waals surface area contributed by atoms with Gasteiger partial charge in [0.2, 0.25) is 5.95 Å². The Morgan fingerprint density at radius 3 is 2.75 bits per heavy atom. The molecule has 2 heterocycles. The minimum absolute atomic E-state index is 0.266. The zero-order valence-electron chi connectivity index (χ0n) is 18.4. The highest BCUT2D eigenvalue weighted by Gasteiger charge is 2.15. The lowest BCUT2D eigenvalue weighted by molar-refractivity contribution is 0.0702. The summed E-state index contributed by atoms with van der Waals surface area (Å²) in [5.74, 6) is 0.646. The molecule has 0 radical (unpaired) electrons. The van der Waals surface area contributed by atoms with E-state index < -0.39 is 5.97 Å². The quantitative estimate of drug-likeness (QED) is 0.353. The highest BCUT2D eigenvalue weighted by atomic mass is 35.5. The van der Waals surface area contributed by atoms with E-state index in [-0.39, 0.29) is 4.88 Å². The van der Waals surface area contributed by atoms with Gasteiger partial charge in [-0.25, -0.2) is 9.78 Å². The van der Waals surface area contributed by atoms with Gasteiger partial charge in [-0.1, -0.05) is 11.6 Å². The second-order valence-electron chi connectivity index (χ2n) is 7.44. The van der Waals surface area contributed by atoms with E-state index in [9.17, 15) is 9.90 Å². The summed E-state index contributed by atoms with van der Waals surface area (Å²) in [6.07, 6.45) is 2.62. The van der Waals surface area contributed by atoms with E-state index >= 15 is 0 Å². The second-order valence-corrected chi connectivity index (χ2v) is 8.93. The molecule has 3 aromatic rings. The van der Waals surface area contributed by atoms with Gasteiger partial charge in [0.05, 0.1) is 18.4 Å². The van der Waals surface area contributed by atoms with Crippen LogP contribution in [0.4, 0.5) is 17.5 Å². The SMILES string of the molecule is COc1cc(Cl)c(C)cc1Nc1ncc(-c2ccc(C(=O)O)s2)c(NCCCN(C)C)n1. The summed E-state index contributed by atoms with van der Waals surface area (Å²) >= 11 is 7.39. The molecule has 0 saturated heterocycles. The smallest absolute Gasteiger partial charge is 0.345 e. The van der Waals surface area contributed by atoms with Gasteiger partial charge in [-0.05, 0) is 57.7 Å². The predicted molar refractivity (Wildman–Crippen MR) is 130 cm³/mol. The topological polar surface area (TPSA) is 99.6 Å². The highest BCUT2D eigenvalue weighted by molar-refractivity contribution is 7.17. The minimum Gasteiger partial charge on any atom is -0.495 e. The molecule has 0 aliphatic carbocycles. The average Bonchev–Trinajstić information content (AvgIpc) is 3.24. The molecule has 0 unspecified atom stereocenters. The summed E-state index contributed by atoms with van der Waals surface area (Å²) in [7, 11) is 5.63. The van der Waals surface area contributed by atoms with Crippen molar-refractivity contribution in [3.8, 4) is 16.2 Å². The average molecular weight is 476 g/mol. The highest BCUT2D eigenvalue weighted by Crippen LogP contribution is 2.35. The van der Waals surface area contributed by atoms with Crippen LogP contribution in [0.15, 0.2) is 30.5 Å². The molecule has 1 aromatic carbocycles. The third-order valence-electron chi connectivity index (χ3n) is 4.67. The van der Waals surface area contributed by atoms with Crippen LogP contribution in [0.25, 0.3) is 10.4 Å². The normalized spacial score (nSPS) is 10.9. The molecule has 0 fully saturated rings. The number of halogens is 1. The van der Waals surface area contributed by atoms with Crippen molar-refractivity contribution in [3.63, 3.8) is 0 Å². The molecule has 0 aliphatic rings. The lowest BCUT2D eigenvalue weighted by Crippen LogP contribution is -2.17. The van der Waals surface area contributed by atoms with Crippen LogP contribution in [0, 0.1) is 6.92 Å². The van der Waals surface area contributed by atoms with Gasteiger partial charge in [0.1, 0.15) is 16.4 Å². The van der Waals surface area contributed by atoms with E-state index in [1.165, 1.54) is 11.3 Å². The first-order valence-corrected chi connectivity index (χ1v) is 11.2. The van der Waals surface area contributed by atoms with Crippen LogP contribution in [0.3, 0.4) is 0 Å². The lowest BCUT2D eigenvalue weighted by Gasteiger charge is -2.15. The van der Waals surface area contributed by atoms with E-state index in [0.717, 1.165) is 29.0 Å². The van der Waals surface area contributed by atoms with Crippen molar-refractivity contribution < 1.29 is 14.6 Å². The predicted octanol–water partition coefficient (Wildman–Crippen LogP) is 4.98. The third-order valence-corrected chi connectivity index (χ3v) is 6.19. The number of carboxylic acid groups (broad SMARTS) is 1. The lowest BCUT2D eigenvalue weighted by atomic mass is 10.2. The number of ether oxygens (including phenoxy) is 1. The van der Waals surface area contributed by atoms with Gasteiger partial charge in [-0.3, -0.25) is 0 Å². The minimum atomic E-state index is -0.953. The third kappa shape index (κ3) is 5.87. The van der Waals surface area contributed by atoms with Gasteiger partial charge in [0, 0.05) is 28.7 Å². The van der Waals surface area contributed by atoms with Crippen molar-refractivity contribution in [2.45, 2.75) is 13.3 Å². The second kappa shape index (κ2) is 10.6. The van der Waals surface area contributed by atoms with Crippen molar-refractivity contribution in [1.29, 1.82) is 0 Å². The van der Waals surface area contributed by atoms with Crippen LogP contribution in [0.1, 0.15) is 21.7 Å². The van der Waals surface area contributed by atoms with Crippen LogP contribution in [0.5, 0.6) is 5.75 Å². The van der Waals surface area contributed by atoms with Gasteiger partial charge in [0.15, 0.2) is 0 Å². The largest absolute Gasteiger partial charge is 0.495 e. The first-order chi connectivity index (χ1) is 15.3. The van der Waals surface area contributed by atoms with Crippen molar-refractivity contribution in [2.75, 3.05) is 44.9 Å². The number of anilines is 3. The number of nitrogens with one attached hydrogen (secondary N) is 2. The first-order valence-electron chi connectivity index (χ1n) is 9.98. The number of hydrogen-bond acceptors (Lipinski definition) is 8. The van der Waals surface area contributed by atoms with Crippen molar-refractivity contribution >= 4 is 46.4 Å². The molecule has 32 heavy (non-hydrogen) atoms. The molecule has 0 amide bonds. The fraction of sp³-hybridized carbons (Fsp3) is 0.318. The molecule has 0 saturated carbocycles. The fourth-order valence-corrected chi connectivity index (χ4v) is 4.02. The maximum atomic E-state index is 11.3. The van der Waals surface area contributed by atoms with Crippen LogP contribution >= 0.6 is 22.9 Å². The Morgan fingerprint density at radius 2 is 2.09 bits per heavy atom. The van der Waals surface area contributed by atoms with Gasteiger partial charge in [-0.15, -0.1) is 11.3 Å². The van der Waals surface area contributed by atoms with Crippen LogP contribution < -0.4 is 15.4 Å². The number of methoxy groups -OCH3 is 1. The summed E-state index contributed by atoms with van der Waals surface area (Å²) in [6, 6.07) is 6.98. The van der Waals surface area contributed by atoms with Crippen LogP contribution in [-0.2, 0) is 0 Å². The summed E-state index contributed by atoms with van der Waals surface area (Å²) in [5, 5.41) is 16.4. The summed E-state index contributed by atoms with van der Waals surface area (Å²) in [6.45, 7) is 3.55. The number of rotatable bonds is 10. The molecule has 8 nitrogen and oxygen atoms in total. The monoisotopic (exact) mass is 475 g/mol. The Labute approximate surface area is 196 Å². The number of benzene rings is 1. The van der Waals surface area contributed by atoms with E-state index in [1.807, 2.05) is 27.1 Å². The molecule has 0 atom stereocenters. The molecule has 10 heteroatoms. The molecule has 170 valence electrons. The van der Waals surface area contributed by atoms with Crippen molar-refractivity contribution in [2.24, 2.45) is 0 Å². The maximum Gasteiger partial charge on any atom is 0.345 e. The molecule has 0 spiro atoms. The number of nitrogens with zero attached hydrogens (tertiary/aromatic N) is 3. The van der Waals surface area contributed by atoms with Crippen molar-refractivity contribution in [3.05, 3.63) is 45.9 Å². The zero-order chi connectivity index (χ0) is 23.3. The Hall–Kier alpha value is -2.88. The first kappa shape index (κ1) is 23.8. The standard InChI is InChI=1S/C22H26ClN5O3S/c1-13-10-16(17(31-4)11-15(13)23)26-22-25-12-14(18-6-7-19(32-18)21(29)30)20(27-22)24-8-5-9-28(2)3/h6-7,10-12H,5,8-9H2,1-4H3,(H,29,30)(H2,24,25,26,27). The molecular formula is C22H26ClN5O3S. The fourth-order valence-electron chi connectivity index (χ4n) is 3.01. The van der Waals surface area contributed by atoms with Gasteiger partial charge >= 0.3 is 5.97 Å². The van der Waals surface area contributed by atoms with Crippen molar-refractivity contribution in [1.82, 2.24) is 14.9 Å². The van der Waals surface area contributed by atoms with Crippen LogP contribution in [-0.4, -0.2) is 60.2 Å². The molecule has 3 N–H and O–H groups in total. The number of hydrogen-bond donors (Lipinski definition) is 3. The number of carbonyl (C=O) groups is 1. The number of aryl methyl sites for hydroxylation is 1. The van der Waals surface area contributed by atoms with Gasteiger partial charge in [0.25, 0.3) is 0 Å². The molecular weight excluding hydrogens is 450 g/mol. The maximum absolute atomic E-state index is 11.3. The zero-order valence-corrected chi connectivity index (χ0v) is 20.0. The van der Waals surface area contributed by atoms with E-state index in [0.29, 0.717) is 34.8 Å². The van der Waals surface area contributed by atoms with Crippen LogP contribution in [0.2, 0.25) is 5.02 Å². The van der Waals surface area contributed by atoms with E-state index in [2.05, 4.69) is 25.5 Å². The molecule has 0 aliphatic heterocycles. The molecule has 2 aromatic heterocycles. The number of carboxylic acids is 1. The number of thiophene rings is 1.